The van der Waals surface area contributed by atoms with Crippen LogP contribution in [0.25, 0.3) is 0 Å². The lowest BCUT2D eigenvalue weighted by atomic mass is 9.86. The fourth-order valence-corrected chi connectivity index (χ4v) is 2.16. The minimum Gasteiger partial charge on any atom is -0.311 e. The highest BCUT2D eigenvalue weighted by atomic mass is 19.4. The van der Waals surface area contributed by atoms with Crippen molar-refractivity contribution in [3.8, 4) is 0 Å². The lowest BCUT2D eigenvalue weighted by Crippen LogP contribution is -2.59. The number of hydrogen-bond donors (Lipinski definition) is 0. The number of aromatic nitrogens is 2. The minimum atomic E-state index is -5.52. The summed E-state index contributed by atoms with van der Waals surface area (Å²) in [5.41, 5.74) is -4.84. The van der Waals surface area contributed by atoms with Crippen molar-refractivity contribution < 1.29 is 26.3 Å². The average Bonchev–Trinajstić information content (AvgIpc) is 2.85. The van der Waals surface area contributed by atoms with Gasteiger partial charge in [0.2, 0.25) is 0 Å². The summed E-state index contributed by atoms with van der Waals surface area (Å²) in [7, 11) is 0. The van der Waals surface area contributed by atoms with Crippen molar-refractivity contribution in [3.05, 3.63) is 42.5 Å². The standard InChI is InChI=1S/C11H8F6N2/c12-10(13,14)9(11(15,16)17,8-3-1-2-4-8)19-6-5-18-7-19/h1-3,5-7H,4H2. The van der Waals surface area contributed by atoms with Gasteiger partial charge in [0.15, 0.2) is 0 Å². The Morgan fingerprint density at radius 3 is 2.05 bits per heavy atom. The molecule has 1 heterocycles. The molecule has 104 valence electrons. The maximum Gasteiger partial charge on any atom is 0.425 e. The normalized spacial score (nSPS) is 16.8. The fourth-order valence-electron chi connectivity index (χ4n) is 2.16. The SMILES string of the molecule is FC(F)(F)C(C1=CC=CC1)(n1ccnc1)C(F)(F)F. The van der Waals surface area contributed by atoms with Crippen molar-refractivity contribution >= 4 is 0 Å². The second kappa shape index (κ2) is 4.14. The summed E-state index contributed by atoms with van der Waals surface area (Å²) < 4.78 is 79.6. The first kappa shape index (κ1) is 13.7. The van der Waals surface area contributed by atoms with E-state index in [1.165, 1.54) is 12.2 Å². The molecule has 1 aliphatic rings. The van der Waals surface area contributed by atoms with Gasteiger partial charge in [-0.15, -0.1) is 0 Å². The largest absolute Gasteiger partial charge is 0.425 e. The van der Waals surface area contributed by atoms with Gasteiger partial charge in [0, 0.05) is 12.4 Å². The van der Waals surface area contributed by atoms with Gasteiger partial charge in [0.05, 0.1) is 6.33 Å². The molecule has 1 aliphatic carbocycles. The van der Waals surface area contributed by atoms with E-state index in [9.17, 15) is 26.3 Å². The van der Waals surface area contributed by atoms with Gasteiger partial charge in [-0.3, -0.25) is 0 Å². The van der Waals surface area contributed by atoms with E-state index in [-0.39, 0.29) is 4.57 Å². The summed E-state index contributed by atoms with van der Waals surface area (Å²) in [6, 6.07) is 0. The first-order chi connectivity index (χ1) is 8.71. The highest BCUT2D eigenvalue weighted by Gasteiger charge is 2.73. The maximum absolute atomic E-state index is 13.2. The van der Waals surface area contributed by atoms with Crippen LogP contribution >= 0.6 is 0 Å². The van der Waals surface area contributed by atoms with Crippen LogP contribution in [0.1, 0.15) is 6.42 Å². The predicted molar refractivity (Wildman–Crippen MR) is 54.2 cm³/mol. The molecule has 0 atom stereocenters. The molecule has 0 spiro atoms. The molecule has 0 aliphatic heterocycles. The Hall–Kier alpha value is -1.73. The van der Waals surface area contributed by atoms with Crippen LogP contribution in [0, 0.1) is 0 Å². The Balaban J connectivity index is 2.73. The van der Waals surface area contributed by atoms with Crippen LogP contribution in [0.4, 0.5) is 26.3 Å². The monoisotopic (exact) mass is 282 g/mol. The molecule has 0 saturated heterocycles. The van der Waals surface area contributed by atoms with Crippen LogP contribution in [0.2, 0.25) is 0 Å². The number of nitrogens with zero attached hydrogens (tertiary/aromatic N) is 2. The van der Waals surface area contributed by atoms with Crippen LogP contribution in [0.3, 0.4) is 0 Å². The summed E-state index contributed by atoms with van der Waals surface area (Å²) in [6.45, 7) is 0. The second-order valence-corrected chi connectivity index (χ2v) is 4.00. The quantitative estimate of drug-likeness (QED) is 0.758. The first-order valence-corrected chi connectivity index (χ1v) is 5.19. The highest BCUT2D eigenvalue weighted by molar-refractivity contribution is 5.35. The number of halogens is 6. The van der Waals surface area contributed by atoms with E-state index in [0.29, 0.717) is 12.5 Å². The Kier molecular flexibility index (Phi) is 2.98. The van der Waals surface area contributed by atoms with E-state index in [2.05, 4.69) is 4.98 Å². The molecule has 1 aromatic heterocycles. The van der Waals surface area contributed by atoms with Gasteiger partial charge >= 0.3 is 12.4 Å². The summed E-state index contributed by atoms with van der Waals surface area (Å²) in [4.78, 5) is 3.30. The van der Waals surface area contributed by atoms with Crippen LogP contribution in [0.5, 0.6) is 0 Å². The maximum atomic E-state index is 13.2. The van der Waals surface area contributed by atoms with Crippen LogP contribution < -0.4 is 0 Å². The van der Waals surface area contributed by atoms with Gasteiger partial charge in [-0.1, -0.05) is 18.2 Å². The number of alkyl halides is 6. The van der Waals surface area contributed by atoms with Gasteiger partial charge in [-0.2, -0.15) is 26.3 Å². The number of allylic oxidation sites excluding steroid dienone is 4. The van der Waals surface area contributed by atoms with Gasteiger partial charge in [-0.25, -0.2) is 4.98 Å². The molecule has 0 radical (unpaired) electrons. The molecule has 0 bridgehead atoms. The van der Waals surface area contributed by atoms with E-state index in [4.69, 9.17) is 0 Å². The third-order valence-corrected chi connectivity index (χ3v) is 2.95. The van der Waals surface area contributed by atoms with Crippen molar-refractivity contribution in [3.63, 3.8) is 0 Å². The number of hydrogen-bond acceptors (Lipinski definition) is 1. The molecule has 1 aromatic rings. The van der Waals surface area contributed by atoms with E-state index in [0.717, 1.165) is 12.3 Å². The third kappa shape index (κ3) is 1.85. The zero-order valence-corrected chi connectivity index (χ0v) is 9.33. The molecule has 0 unspecified atom stereocenters. The highest BCUT2D eigenvalue weighted by Crippen LogP contribution is 2.54. The molecule has 0 amide bonds. The smallest absolute Gasteiger partial charge is 0.311 e. The predicted octanol–water partition coefficient (Wildman–Crippen LogP) is 3.59. The second-order valence-electron chi connectivity index (χ2n) is 4.00. The van der Waals surface area contributed by atoms with Crippen molar-refractivity contribution in [2.75, 3.05) is 0 Å². The van der Waals surface area contributed by atoms with E-state index < -0.39 is 29.9 Å². The van der Waals surface area contributed by atoms with E-state index in [1.807, 2.05) is 0 Å². The molecule has 0 fully saturated rings. The van der Waals surface area contributed by atoms with E-state index in [1.54, 1.807) is 0 Å². The molecule has 19 heavy (non-hydrogen) atoms. The Morgan fingerprint density at radius 1 is 1.05 bits per heavy atom. The van der Waals surface area contributed by atoms with E-state index >= 15 is 0 Å². The molecular formula is C11H8F6N2. The Morgan fingerprint density at radius 2 is 1.68 bits per heavy atom. The lowest BCUT2D eigenvalue weighted by Gasteiger charge is -2.39. The summed E-state index contributed by atoms with van der Waals surface area (Å²) in [6.07, 6.45) is -6.10. The number of imidazole rings is 1. The summed E-state index contributed by atoms with van der Waals surface area (Å²) >= 11 is 0. The van der Waals surface area contributed by atoms with Gasteiger partial charge in [-0.05, 0) is 12.0 Å². The molecular weight excluding hydrogens is 274 g/mol. The molecule has 0 aromatic carbocycles. The minimum absolute atomic E-state index is 0.0613. The summed E-state index contributed by atoms with van der Waals surface area (Å²) in [5, 5.41) is 0. The van der Waals surface area contributed by atoms with Crippen molar-refractivity contribution in [1.29, 1.82) is 0 Å². The van der Waals surface area contributed by atoms with Crippen LogP contribution in [-0.4, -0.2) is 21.9 Å². The Bertz CT molecular complexity index is 492. The van der Waals surface area contributed by atoms with Gasteiger partial charge in [0.25, 0.3) is 5.54 Å². The van der Waals surface area contributed by atoms with Crippen LogP contribution in [0.15, 0.2) is 42.5 Å². The molecule has 2 nitrogen and oxygen atoms in total. The van der Waals surface area contributed by atoms with Crippen molar-refractivity contribution in [2.45, 2.75) is 24.3 Å². The first-order valence-electron chi connectivity index (χ1n) is 5.19. The van der Waals surface area contributed by atoms with Gasteiger partial charge in [0.1, 0.15) is 0 Å². The Labute approximate surface area is 104 Å². The molecule has 0 saturated carbocycles. The van der Waals surface area contributed by atoms with Crippen molar-refractivity contribution in [2.24, 2.45) is 0 Å². The van der Waals surface area contributed by atoms with Gasteiger partial charge < -0.3 is 4.57 Å². The average molecular weight is 282 g/mol. The number of rotatable bonds is 2. The fraction of sp³-hybridized carbons (Fsp3) is 0.364. The summed E-state index contributed by atoms with van der Waals surface area (Å²) in [5.74, 6) is 0. The van der Waals surface area contributed by atoms with Crippen molar-refractivity contribution in [1.82, 2.24) is 9.55 Å². The molecule has 8 heteroatoms. The topological polar surface area (TPSA) is 17.8 Å². The van der Waals surface area contributed by atoms with Crippen LogP contribution in [-0.2, 0) is 5.54 Å². The lowest BCUT2D eigenvalue weighted by molar-refractivity contribution is -0.314. The zero-order chi connectivity index (χ0) is 14.3. The molecule has 2 rings (SSSR count). The molecule has 0 N–H and O–H groups in total. The zero-order valence-electron chi connectivity index (χ0n) is 9.33. The third-order valence-electron chi connectivity index (χ3n) is 2.95.